The predicted octanol–water partition coefficient (Wildman–Crippen LogP) is 2.06. The summed E-state index contributed by atoms with van der Waals surface area (Å²) in [7, 11) is 1.80. The van der Waals surface area contributed by atoms with Crippen LogP contribution in [-0.2, 0) is 10.2 Å². The van der Waals surface area contributed by atoms with Gasteiger partial charge in [0.05, 0.1) is 6.04 Å². The predicted molar refractivity (Wildman–Crippen MR) is 117 cm³/mol. The molecule has 1 saturated carbocycles. The van der Waals surface area contributed by atoms with Crippen LogP contribution in [0.4, 0.5) is 4.39 Å². The fraction of sp³-hybridized carbons (Fsp3) is 0.652. The van der Waals surface area contributed by atoms with Gasteiger partial charge in [0.2, 0.25) is 5.91 Å². The van der Waals surface area contributed by atoms with E-state index in [0.29, 0.717) is 6.54 Å². The molecular weight excluding hydrogens is 381 g/mol. The Kier molecular flexibility index (Phi) is 6.27. The standard InChI is InChI=1S/C23H34FN5O/c1-18(21(30)28-11-5-6-12-28)27-13-15-29(16-14-27)22(25-2)26-17-23(9-10-23)19-7-3-4-8-20(19)24/h3-4,7-8,18H,5-6,9-17H2,1-2H3,(H,25,26). The third kappa shape index (κ3) is 4.31. The summed E-state index contributed by atoms with van der Waals surface area (Å²) in [6.07, 6.45) is 4.26. The minimum absolute atomic E-state index is 0.0592. The van der Waals surface area contributed by atoms with Crippen LogP contribution >= 0.6 is 0 Å². The number of hydrogen-bond donors (Lipinski definition) is 1. The molecule has 0 aromatic heterocycles. The van der Waals surface area contributed by atoms with Gasteiger partial charge in [-0.05, 0) is 44.2 Å². The Balaban J connectivity index is 1.29. The summed E-state index contributed by atoms with van der Waals surface area (Å²) >= 11 is 0. The maximum absolute atomic E-state index is 14.3. The van der Waals surface area contributed by atoms with Crippen LogP contribution in [-0.4, -0.2) is 85.5 Å². The second-order valence-electron chi connectivity index (χ2n) is 8.89. The van der Waals surface area contributed by atoms with Gasteiger partial charge < -0.3 is 15.1 Å². The van der Waals surface area contributed by atoms with E-state index < -0.39 is 0 Å². The molecule has 0 bridgehead atoms. The lowest BCUT2D eigenvalue weighted by atomic mass is 9.95. The molecule has 1 atom stereocenters. The average molecular weight is 416 g/mol. The van der Waals surface area contributed by atoms with Crippen molar-refractivity contribution in [3.63, 3.8) is 0 Å². The SMILES string of the molecule is CN=C(NCC1(c2ccccc2F)CC1)N1CCN(C(C)C(=O)N2CCCC2)CC1. The molecule has 2 heterocycles. The fourth-order valence-corrected chi connectivity index (χ4v) is 4.84. The number of hydrogen-bond acceptors (Lipinski definition) is 3. The first-order chi connectivity index (χ1) is 14.5. The summed E-state index contributed by atoms with van der Waals surface area (Å²) in [5.74, 6) is 1.02. The summed E-state index contributed by atoms with van der Waals surface area (Å²) in [5.41, 5.74) is 0.701. The van der Waals surface area contributed by atoms with Gasteiger partial charge in [0, 0.05) is 58.3 Å². The van der Waals surface area contributed by atoms with Crippen molar-refractivity contribution >= 4 is 11.9 Å². The molecule has 1 aromatic rings. The van der Waals surface area contributed by atoms with Gasteiger partial charge in [0.25, 0.3) is 0 Å². The van der Waals surface area contributed by atoms with Crippen molar-refractivity contribution in [2.75, 3.05) is 52.9 Å². The highest BCUT2D eigenvalue weighted by molar-refractivity contribution is 5.82. The second-order valence-corrected chi connectivity index (χ2v) is 8.89. The number of nitrogens with zero attached hydrogens (tertiary/aromatic N) is 4. The summed E-state index contributed by atoms with van der Waals surface area (Å²) < 4.78 is 14.3. The molecule has 164 valence electrons. The quantitative estimate of drug-likeness (QED) is 0.591. The van der Waals surface area contributed by atoms with Crippen molar-refractivity contribution in [1.29, 1.82) is 0 Å². The van der Waals surface area contributed by atoms with Crippen molar-refractivity contribution < 1.29 is 9.18 Å². The molecule has 0 spiro atoms. The Morgan fingerprint density at radius 2 is 1.77 bits per heavy atom. The van der Waals surface area contributed by atoms with Crippen LogP contribution < -0.4 is 5.32 Å². The molecule has 1 amide bonds. The van der Waals surface area contributed by atoms with Gasteiger partial charge in [-0.3, -0.25) is 14.7 Å². The average Bonchev–Trinajstić information content (AvgIpc) is 3.35. The first-order valence-electron chi connectivity index (χ1n) is 11.3. The molecule has 1 N–H and O–H groups in total. The zero-order chi connectivity index (χ0) is 21.1. The Labute approximate surface area is 179 Å². The van der Waals surface area contributed by atoms with Crippen LogP contribution in [0.25, 0.3) is 0 Å². The molecule has 4 rings (SSSR count). The fourth-order valence-electron chi connectivity index (χ4n) is 4.84. The largest absolute Gasteiger partial charge is 0.355 e. The summed E-state index contributed by atoms with van der Waals surface area (Å²) in [6, 6.07) is 7.06. The van der Waals surface area contributed by atoms with E-state index >= 15 is 0 Å². The highest BCUT2D eigenvalue weighted by Crippen LogP contribution is 2.48. The van der Waals surface area contributed by atoms with Gasteiger partial charge in [-0.1, -0.05) is 18.2 Å². The lowest BCUT2D eigenvalue weighted by Crippen LogP contribution is -2.57. The van der Waals surface area contributed by atoms with Crippen molar-refractivity contribution in [3.05, 3.63) is 35.6 Å². The van der Waals surface area contributed by atoms with Gasteiger partial charge in [-0.15, -0.1) is 0 Å². The Bertz CT molecular complexity index is 780. The van der Waals surface area contributed by atoms with Crippen molar-refractivity contribution in [1.82, 2.24) is 20.0 Å². The van der Waals surface area contributed by atoms with Gasteiger partial charge in [-0.25, -0.2) is 4.39 Å². The molecule has 1 unspecified atom stereocenters. The molecule has 6 nitrogen and oxygen atoms in total. The first-order valence-corrected chi connectivity index (χ1v) is 11.3. The number of nitrogens with one attached hydrogen (secondary N) is 1. The zero-order valence-corrected chi connectivity index (χ0v) is 18.2. The number of benzene rings is 1. The van der Waals surface area contributed by atoms with E-state index in [0.717, 1.165) is 76.5 Å². The van der Waals surface area contributed by atoms with Crippen LogP contribution in [0.3, 0.4) is 0 Å². The van der Waals surface area contributed by atoms with Crippen molar-refractivity contribution in [2.45, 2.75) is 44.1 Å². The highest BCUT2D eigenvalue weighted by Gasteiger charge is 2.46. The third-order valence-corrected chi connectivity index (χ3v) is 7.03. The number of likely N-dealkylation sites (tertiary alicyclic amines) is 1. The Morgan fingerprint density at radius 1 is 1.10 bits per heavy atom. The van der Waals surface area contributed by atoms with E-state index in [9.17, 15) is 9.18 Å². The van der Waals surface area contributed by atoms with E-state index in [4.69, 9.17) is 0 Å². The maximum Gasteiger partial charge on any atom is 0.239 e. The van der Waals surface area contributed by atoms with E-state index in [2.05, 4.69) is 20.1 Å². The van der Waals surface area contributed by atoms with Gasteiger partial charge in [0.1, 0.15) is 5.82 Å². The van der Waals surface area contributed by atoms with E-state index in [1.807, 2.05) is 24.0 Å². The third-order valence-electron chi connectivity index (χ3n) is 7.03. The van der Waals surface area contributed by atoms with Crippen LogP contribution in [0.2, 0.25) is 0 Å². The smallest absolute Gasteiger partial charge is 0.239 e. The first kappa shape index (κ1) is 21.1. The summed E-state index contributed by atoms with van der Waals surface area (Å²) in [4.78, 5) is 23.7. The molecule has 2 saturated heterocycles. The lowest BCUT2D eigenvalue weighted by molar-refractivity contribution is -0.135. The normalized spacial score (nSPS) is 22.8. The van der Waals surface area contributed by atoms with Crippen LogP contribution in [0, 0.1) is 5.82 Å². The van der Waals surface area contributed by atoms with Crippen LogP contribution in [0.5, 0.6) is 0 Å². The topological polar surface area (TPSA) is 51.2 Å². The van der Waals surface area contributed by atoms with E-state index in [1.165, 1.54) is 0 Å². The Morgan fingerprint density at radius 3 is 2.37 bits per heavy atom. The second kappa shape index (κ2) is 8.92. The molecule has 3 fully saturated rings. The number of guanidine groups is 1. The van der Waals surface area contributed by atoms with Crippen molar-refractivity contribution in [3.8, 4) is 0 Å². The summed E-state index contributed by atoms with van der Waals surface area (Å²) in [6.45, 7) is 7.92. The van der Waals surface area contributed by atoms with Crippen molar-refractivity contribution in [2.24, 2.45) is 4.99 Å². The van der Waals surface area contributed by atoms with E-state index in [-0.39, 0.29) is 23.2 Å². The monoisotopic (exact) mass is 415 g/mol. The number of halogens is 1. The zero-order valence-electron chi connectivity index (χ0n) is 18.2. The van der Waals surface area contributed by atoms with Crippen LogP contribution in [0.1, 0.15) is 38.2 Å². The molecular formula is C23H34FN5O. The van der Waals surface area contributed by atoms with Crippen LogP contribution in [0.15, 0.2) is 29.3 Å². The number of piperazine rings is 1. The lowest BCUT2D eigenvalue weighted by Gasteiger charge is -2.39. The number of carbonyl (C=O) groups is 1. The summed E-state index contributed by atoms with van der Waals surface area (Å²) in [5, 5.41) is 3.49. The number of rotatable bonds is 5. The maximum atomic E-state index is 14.3. The molecule has 1 aliphatic carbocycles. The molecule has 7 heteroatoms. The van der Waals surface area contributed by atoms with Gasteiger partial charge in [-0.2, -0.15) is 0 Å². The molecule has 3 aliphatic rings. The molecule has 1 aromatic carbocycles. The number of amides is 1. The number of carbonyl (C=O) groups excluding carboxylic acids is 1. The molecule has 2 aliphatic heterocycles. The minimum Gasteiger partial charge on any atom is -0.355 e. The van der Waals surface area contributed by atoms with E-state index in [1.54, 1.807) is 19.2 Å². The van der Waals surface area contributed by atoms with Gasteiger partial charge >= 0.3 is 0 Å². The Hall–Kier alpha value is -2.15. The highest BCUT2D eigenvalue weighted by atomic mass is 19.1. The molecule has 30 heavy (non-hydrogen) atoms. The molecule has 0 radical (unpaired) electrons. The number of aliphatic imine (C=N–C) groups is 1. The minimum atomic E-state index is -0.114. The van der Waals surface area contributed by atoms with Gasteiger partial charge in [0.15, 0.2) is 5.96 Å².